The average molecular weight is 242 g/mol. The van der Waals surface area contributed by atoms with Gasteiger partial charge in [-0.1, -0.05) is 29.4 Å². The number of alkyl halides is 1. The molecule has 0 fully saturated rings. The van der Waals surface area contributed by atoms with E-state index in [2.05, 4.69) is 22.2 Å². The van der Waals surface area contributed by atoms with Gasteiger partial charge >= 0.3 is 0 Å². The fourth-order valence-electron chi connectivity index (χ4n) is 2.22. The molecule has 2 aromatic rings. The van der Waals surface area contributed by atoms with Gasteiger partial charge in [0.25, 0.3) is 0 Å². The summed E-state index contributed by atoms with van der Waals surface area (Å²) in [6.07, 6.45) is 0. The first kappa shape index (κ1) is 10.2. The van der Waals surface area contributed by atoms with Crippen LogP contribution in [0.4, 0.5) is 5.69 Å². The monoisotopic (exact) mass is 241 g/mol. The summed E-state index contributed by atoms with van der Waals surface area (Å²) in [6.45, 7) is 0. The smallest absolute Gasteiger partial charge is 0.0478 e. The van der Waals surface area contributed by atoms with Crippen LogP contribution >= 0.6 is 11.6 Å². The van der Waals surface area contributed by atoms with E-state index < -0.39 is 0 Å². The van der Waals surface area contributed by atoms with Gasteiger partial charge in [-0.15, -0.1) is 11.6 Å². The standard InChI is InChI=1S/C13H8ClN3/c14-7-8-5-11-9-3-1-2-4-10(9)12(11)6-13(8)16-17-15/h1-6H,7H2. The summed E-state index contributed by atoms with van der Waals surface area (Å²) in [5.41, 5.74) is 14.8. The fourth-order valence-corrected chi connectivity index (χ4v) is 2.43. The second-order valence-electron chi connectivity index (χ2n) is 3.90. The first-order valence-corrected chi connectivity index (χ1v) is 5.76. The van der Waals surface area contributed by atoms with Crippen molar-refractivity contribution < 1.29 is 0 Å². The van der Waals surface area contributed by atoms with Crippen molar-refractivity contribution in [1.29, 1.82) is 0 Å². The fraction of sp³-hybridized carbons (Fsp3) is 0.0769. The molecule has 0 atom stereocenters. The lowest BCUT2D eigenvalue weighted by molar-refractivity contribution is 1.32. The maximum Gasteiger partial charge on any atom is 0.0478 e. The Hall–Kier alpha value is -1.96. The second-order valence-corrected chi connectivity index (χ2v) is 4.16. The van der Waals surface area contributed by atoms with Crippen LogP contribution < -0.4 is 0 Å². The van der Waals surface area contributed by atoms with Crippen molar-refractivity contribution in [3.8, 4) is 22.3 Å². The van der Waals surface area contributed by atoms with E-state index in [9.17, 15) is 0 Å². The summed E-state index contributed by atoms with van der Waals surface area (Å²) in [4.78, 5) is 2.83. The zero-order valence-corrected chi connectivity index (χ0v) is 9.65. The molecule has 3 rings (SSSR count). The van der Waals surface area contributed by atoms with Gasteiger partial charge in [0.2, 0.25) is 0 Å². The third-order valence-corrected chi connectivity index (χ3v) is 3.31. The molecule has 1 aliphatic rings. The van der Waals surface area contributed by atoms with Crippen LogP contribution in [0.2, 0.25) is 0 Å². The van der Waals surface area contributed by atoms with Gasteiger partial charge in [-0.2, -0.15) is 0 Å². The molecule has 3 nitrogen and oxygen atoms in total. The van der Waals surface area contributed by atoms with E-state index in [4.69, 9.17) is 17.1 Å². The molecular weight excluding hydrogens is 234 g/mol. The quantitative estimate of drug-likeness (QED) is 0.262. The van der Waals surface area contributed by atoms with Gasteiger partial charge in [-0.3, -0.25) is 0 Å². The molecule has 0 spiro atoms. The van der Waals surface area contributed by atoms with Crippen molar-refractivity contribution in [2.24, 2.45) is 5.11 Å². The molecule has 0 saturated carbocycles. The van der Waals surface area contributed by atoms with Crippen LogP contribution in [0, 0.1) is 0 Å². The van der Waals surface area contributed by atoms with Crippen molar-refractivity contribution in [1.82, 2.24) is 0 Å². The Labute approximate surface area is 103 Å². The molecule has 0 amide bonds. The van der Waals surface area contributed by atoms with Gasteiger partial charge in [0.15, 0.2) is 0 Å². The van der Waals surface area contributed by atoms with Crippen LogP contribution in [0.1, 0.15) is 5.56 Å². The number of fused-ring (bicyclic) bond motifs is 4. The highest BCUT2D eigenvalue weighted by atomic mass is 35.5. The lowest BCUT2D eigenvalue weighted by Crippen LogP contribution is -1.99. The Morgan fingerprint density at radius 2 is 1.71 bits per heavy atom. The number of benzene rings is 2. The molecule has 0 aromatic heterocycles. The Kier molecular flexibility index (Phi) is 2.29. The molecule has 0 aliphatic heterocycles. The van der Waals surface area contributed by atoms with Gasteiger partial charge < -0.3 is 0 Å². The van der Waals surface area contributed by atoms with Crippen LogP contribution in [-0.4, -0.2) is 0 Å². The minimum atomic E-state index is 0.351. The Bertz CT molecular complexity index is 658. The Balaban J connectivity index is 2.22. The average Bonchev–Trinajstić information content (AvgIpc) is 2.37. The third-order valence-electron chi connectivity index (χ3n) is 3.02. The molecule has 0 unspecified atom stereocenters. The van der Waals surface area contributed by atoms with Crippen LogP contribution in [0.25, 0.3) is 32.7 Å². The molecular formula is C13H8ClN3. The van der Waals surface area contributed by atoms with Crippen molar-refractivity contribution in [2.75, 3.05) is 0 Å². The van der Waals surface area contributed by atoms with Crippen molar-refractivity contribution in [3.63, 3.8) is 0 Å². The lowest BCUT2D eigenvalue weighted by atomic mass is 9.79. The zero-order chi connectivity index (χ0) is 11.8. The van der Waals surface area contributed by atoms with Crippen LogP contribution in [-0.2, 0) is 5.88 Å². The van der Waals surface area contributed by atoms with Crippen LogP contribution in [0.15, 0.2) is 41.5 Å². The molecule has 0 radical (unpaired) electrons. The number of hydrogen-bond acceptors (Lipinski definition) is 1. The minimum Gasteiger partial charge on any atom is -0.122 e. The van der Waals surface area contributed by atoms with E-state index in [0.29, 0.717) is 11.6 Å². The van der Waals surface area contributed by atoms with Gasteiger partial charge in [-0.05, 0) is 45.5 Å². The highest BCUT2D eigenvalue weighted by molar-refractivity contribution is 6.17. The van der Waals surface area contributed by atoms with Crippen LogP contribution in [0.3, 0.4) is 0 Å². The molecule has 1 aliphatic carbocycles. The van der Waals surface area contributed by atoms with E-state index in [0.717, 1.165) is 11.1 Å². The van der Waals surface area contributed by atoms with Gasteiger partial charge in [-0.25, -0.2) is 0 Å². The molecule has 0 saturated heterocycles. The molecule has 0 N–H and O–H groups in total. The number of nitrogens with zero attached hydrogens (tertiary/aromatic N) is 3. The number of hydrogen-bond donors (Lipinski definition) is 0. The lowest BCUT2D eigenvalue weighted by Gasteiger charge is -2.25. The largest absolute Gasteiger partial charge is 0.122 e. The molecule has 0 bridgehead atoms. The first-order valence-electron chi connectivity index (χ1n) is 5.23. The van der Waals surface area contributed by atoms with Crippen molar-refractivity contribution >= 4 is 17.3 Å². The van der Waals surface area contributed by atoms with E-state index in [1.54, 1.807) is 0 Å². The minimum absolute atomic E-state index is 0.351. The summed E-state index contributed by atoms with van der Waals surface area (Å²) in [7, 11) is 0. The summed E-state index contributed by atoms with van der Waals surface area (Å²) < 4.78 is 0. The van der Waals surface area contributed by atoms with E-state index in [1.165, 1.54) is 16.7 Å². The SMILES string of the molecule is [N-]=[N+]=Nc1cc2c(cc1CCl)-c1ccccc1-2. The molecule has 82 valence electrons. The molecule has 2 aromatic carbocycles. The summed E-state index contributed by atoms with van der Waals surface area (Å²) in [5, 5.41) is 3.68. The summed E-state index contributed by atoms with van der Waals surface area (Å²) in [5.74, 6) is 0.351. The summed E-state index contributed by atoms with van der Waals surface area (Å²) >= 11 is 5.86. The maximum absolute atomic E-state index is 8.53. The molecule has 17 heavy (non-hydrogen) atoms. The Morgan fingerprint density at radius 1 is 1.06 bits per heavy atom. The second kappa shape index (κ2) is 3.81. The Morgan fingerprint density at radius 3 is 2.29 bits per heavy atom. The zero-order valence-electron chi connectivity index (χ0n) is 8.89. The molecule has 0 heterocycles. The van der Waals surface area contributed by atoms with Gasteiger partial charge in [0.1, 0.15) is 0 Å². The highest BCUT2D eigenvalue weighted by Gasteiger charge is 2.22. The predicted octanol–water partition coefficient (Wildman–Crippen LogP) is 5.01. The van der Waals surface area contributed by atoms with Crippen LogP contribution in [0.5, 0.6) is 0 Å². The van der Waals surface area contributed by atoms with E-state index in [-0.39, 0.29) is 0 Å². The van der Waals surface area contributed by atoms with Crippen molar-refractivity contribution in [3.05, 3.63) is 52.4 Å². The van der Waals surface area contributed by atoms with E-state index >= 15 is 0 Å². The predicted molar refractivity (Wildman–Crippen MR) is 69.2 cm³/mol. The van der Waals surface area contributed by atoms with E-state index in [1.807, 2.05) is 24.3 Å². The highest BCUT2D eigenvalue weighted by Crippen LogP contribution is 2.49. The number of halogens is 1. The molecule has 4 heteroatoms. The number of azide groups is 1. The van der Waals surface area contributed by atoms with Gasteiger partial charge in [0.05, 0.1) is 0 Å². The third kappa shape index (κ3) is 1.41. The first-order chi connectivity index (χ1) is 8.35. The summed E-state index contributed by atoms with van der Waals surface area (Å²) in [6, 6.07) is 12.1. The number of rotatable bonds is 2. The topological polar surface area (TPSA) is 48.8 Å². The van der Waals surface area contributed by atoms with Crippen molar-refractivity contribution in [2.45, 2.75) is 5.88 Å². The van der Waals surface area contributed by atoms with Gasteiger partial charge in [0, 0.05) is 16.5 Å². The maximum atomic E-state index is 8.53. The normalized spacial score (nSPS) is 10.9.